The van der Waals surface area contributed by atoms with E-state index in [9.17, 15) is 13.2 Å². The predicted octanol–water partition coefficient (Wildman–Crippen LogP) is 4.63. The maximum atomic E-state index is 12.9. The lowest BCUT2D eigenvalue weighted by Gasteiger charge is -2.26. The Morgan fingerprint density at radius 1 is 0.968 bits per heavy atom. The van der Waals surface area contributed by atoms with Crippen molar-refractivity contribution in [2.24, 2.45) is 0 Å². The number of fused-ring (bicyclic) bond motifs is 1. The van der Waals surface area contributed by atoms with Crippen LogP contribution in [-0.4, -0.2) is 21.4 Å². The fourth-order valence-electron chi connectivity index (χ4n) is 3.98. The predicted molar refractivity (Wildman–Crippen MR) is 123 cm³/mol. The van der Waals surface area contributed by atoms with Crippen molar-refractivity contribution in [3.8, 4) is 0 Å². The number of carbonyl (C=O) groups is 1. The molecule has 0 saturated heterocycles. The zero-order valence-electron chi connectivity index (χ0n) is 17.7. The number of anilines is 1. The number of benzene rings is 3. The van der Waals surface area contributed by atoms with Gasteiger partial charge in [-0.1, -0.05) is 42.0 Å². The van der Waals surface area contributed by atoms with E-state index in [1.165, 1.54) is 22.5 Å². The van der Waals surface area contributed by atoms with Crippen molar-refractivity contribution in [3.05, 3.63) is 95.1 Å². The summed E-state index contributed by atoms with van der Waals surface area (Å²) in [6.07, 6.45) is 3.00. The van der Waals surface area contributed by atoms with E-state index in [1.807, 2.05) is 19.1 Å². The average Bonchev–Trinajstić information content (AvgIpc) is 2.79. The smallest absolute Gasteiger partial charge is 0.264 e. The molecule has 5 nitrogen and oxygen atoms in total. The van der Waals surface area contributed by atoms with Gasteiger partial charge in [0.25, 0.3) is 15.9 Å². The van der Waals surface area contributed by atoms with Gasteiger partial charge >= 0.3 is 0 Å². The van der Waals surface area contributed by atoms with Crippen molar-refractivity contribution in [3.63, 3.8) is 0 Å². The van der Waals surface area contributed by atoms with E-state index < -0.39 is 10.0 Å². The summed E-state index contributed by atoms with van der Waals surface area (Å²) < 4.78 is 27.0. The highest BCUT2D eigenvalue weighted by Crippen LogP contribution is 2.30. The van der Waals surface area contributed by atoms with Crippen LogP contribution in [0.25, 0.3) is 0 Å². The fraction of sp³-hybridized carbons (Fsp3) is 0.240. The Morgan fingerprint density at radius 2 is 1.65 bits per heavy atom. The first kappa shape index (κ1) is 21.1. The molecule has 1 N–H and O–H groups in total. The number of hydrogen-bond acceptors (Lipinski definition) is 3. The van der Waals surface area contributed by atoms with Gasteiger partial charge in [-0.15, -0.1) is 0 Å². The minimum atomic E-state index is -3.67. The zero-order valence-corrected chi connectivity index (χ0v) is 18.5. The number of carbonyl (C=O) groups excluding carboxylic acids is 1. The van der Waals surface area contributed by atoms with Gasteiger partial charge in [-0.2, -0.15) is 0 Å². The van der Waals surface area contributed by atoms with Gasteiger partial charge in [0.15, 0.2) is 0 Å². The molecule has 0 spiro atoms. The van der Waals surface area contributed by atoms with Crippen LogP contribution in [0.15, 0.2) is 77.7 Å². The molecule has 0 saturated carbocycles. The molecular weight excluding hydrogens is 408 g/mol. The molecule has 0 radical (unpaired) electrons. The van der Waals surface area contributed by atoms with Crippen LogP contribution in [0.5, 0.6) is 0 Å². The summed E-state index contributed by atoms with van der Waals surface area (Å²) >= 11 is 0. The number of hydrogen-bond donors (Lipinski definition) is 1. The molecule has 3 aromatic rings. The Kier molecular flexibility index (Phi) is 5.83. The maximum Gasteiger partial charge on any atom is 0.264 e. The molecule has 0 aromatic heterocycles. The Balaban J connectivity index is 1.49. The van der Waals surface area contributed by atoms with E-state index in [0.717, 1.165) is 24.8 Å². The Morgan fingerprint density at radius 3 is 2.35 bits per heavy atom. The highest BCUT2D eigenvalue weighted by molar-refractivity contribution is 7.92. The van der Waals surface area contributed by atoms with E-state index in [1.54, 1.807) is 48.5 Å². The Labute approximate surface area is 183 Å². The highest BCUT2D eigenvalue weighted by atomic mass is 32.2. The highest BCUT2D eigenvalue weighted by Gasteiger charge is 2.23. The molecule has 0 fully saturated rings. The van der Waals surface area contributed by atoms with Crippen LogP contribution in [0.4, 0.5) is 5.69 Å². The second-order valence-corrected chi connectivity index (χ2v) is 9.92. The van der Waals surface area contributed by atoms with Crippen molar-refractivity contribution in [2.75, 3.05) is 11.4 Å². The van der Waals surface area contributed by atoms with Crippen LogP contribution in [0, 0.1) is 6.92 Å². The Bertz CT molecular complexity index is 1190. The molecule has 4 rings (SSSR count). The normalized spacial score (nSPS) is 15.7. The summed E-state index contributed by atoms with van der Waals surface area (Å²) in [7, 11) is -2.15. The molecule has 0 aliphatic heterocycles. The van der Waals surface area contributed by atoms with Crippen LogP contribution < -0.4 is 9.62 Å². The standard InChI is InChI=1S/C25H26N2O3S/c1-18-10-16-22(17-11-18)31(29,30)27(2)21-14-12-20(13-15-21)25(28)26-24-9-5-7-19-6-3-4-8-23(19)24/h3-4,6,8,10-17,24H,5,7,9H2,1-2H3,(H,26,28)/t24-/m0/s1. The SMILES string of the molecule is Cc1ccc(S(=O)(=O)N(C)c2ccc(C(=O)N[C@H]3CCCc4ccccc43)cc2)cc1. The summed E-state index contributed by atoms with van der Waals surface area (Å²) in [6.45, 7) is 1.91. The van der Waals surface area contributed by atoms with E-state index in [0.29, 0.717) is 11.3 Å². The third-order valence-corrected chi connectivity index (χ3v) is 7.65. The number of aryl methyl sites for hydroxylation is 2. The fourth-order valence-corrected chi connectivity index (χ4v) is 5.17. The van der Waals surface area contributed by atoms with Crippen LogP contribution in [-0.2, 0) is 16.4 Å². The first-order valence-electron chi connectivity index (χ1n) is 10.4. The molecule has 31 heavy (non-hydrogen) atoms. The van der Waals surface area contributed by atoms with Gasteiger partial charge < -0.3 is 5.32 Å². The average molecular weight is 435 g/mol. The Hall–Kier alpha value is -3.12. The number of nitrogens with one attached hydrogen (secondary N) is 1. The van der Waals surface area contributed by atoms with Crippen molar-refractivity contribution in [2.45, 2.75) is 37.1 Å². The van der Waals surface area contributed by atoms with Crippen molar-refractivity contribution < 1.29 is 13.2 Å². The summed E-state index contributed by atoms with van der Waals surface area (Å²) in [5, 5.41) is 3.13. The van der Waals surface area contributed by atoms with E-state index in [-0.39, 0.29) is 16.8 Å². The third kappa shape index (κ3) is 4.35. The summed E-state index contributed by atoms with van der Waals surface area (Å²) in [6, 6.07) is 21.6. The third-order valence-electron chi connectivity index (χ3n) is 5.85. The number of rotatable bonds is 5. The summed E-state index contributed by atoms with van der Waals surface area (Å²) in [4.78, 5) is 13.0. The molecule has 0 unspecified atom stereocenters. The van der Waals surface area contributed by atoms with E-state index >= 15 is 0 Å². The van der Waals surface area contributed by atoms with Gasteiger partial charge in [0.05, 0.1) is 16.6 Å². The van der Waals surface area contributed by atoms with E-state index in [4.69, 9.17) is 0 Å². The number of sulfonamides is 1. The van der Waals surface area contributed by atoms with Gasteiger partial charge in [0.2, 0.25) is 0 Å². The maximum absolute atomic E-state index is 12.9. The molecule has 1 aliphatic carbocycles. The van der Waals surface area contributed by atoms with E-state index in [2.05, 4.69) is 17.4 Å². The number of nitrogens with zero attached hydrogens (tertiary/aromatic N) is 1. The van der Waals surface area contributed by atoms with Crippen molar-refractivity contribution in [1.29, 1.82) is 0 Å². The monoisotopic (exact) mass is 434 g/mol. The molecular formula is C25H26N2O3S. The van der Waals surface area contributed by atoms with Gasteiger partial charge in [0.1, 0.15) is 0 Å². The summed E-state index contributed by atoms with van der Waals surface area (Å²) in [5.41, 5.74) is 4.48. The largest absolute Gasteiger partial charge is 0.345 e. The molecule has 0 heterocycles. The van der Waals surface area contributed by atoms with Crippen molar-refractivity contribution in [1.82, 2.24) is 5.32 Å². The molecule has 6 heteroatoms. The van der Waals surface area contributed by atoms with Gasteiger partial charge in [-0.25, -0.2) is 8.42 Å². The number of amides is 1. The molecule has 3 aromatic carbocycles. The molecule has 1 atom stereocenters. The minimum absolute atomic E-state index is 0.00159. The molecule has 1 amide bonds. The lowest BCUT2D eigenvalue weighted by Crippen LogP contribution is -2.31. The lowest BCUT2D eigenvalue weighted by molar-refractivity contribution is 0.0933. The van der Waals surface area contributed by atoms with Gasteiger partial charge in [-0.05, 0) is 73.7 Å². The minimum Gasteiger partial charge on any atom is -0.345 e. The first-order valence-corrected chi connectivity index (χ1v) is 11.8. The first-order chi connectivity index (χ1) is 14.9. The van der Waals surface area contributed by atoms with Gasteiger partial charge in [-0.3, -0.25) is 9.10 Å². The van der Waals surface area contributed by atoms with Crippen LogP contribution in [0.2, 0.25) is 0 Å². The molecule has 160 valence electrons. The lowest BCUT2D eigenvalue weighted by atomic mass is 9.87. The molecule has 1 aliphatic rings. The van der Waals surface area contributed by atoms with Crippen LogP contribution >= 0.6 is 0 Å². The topological polar surface area (TPSA) is 66.5 Å². The van der Waals surface area contributed by atoms with Gasteiger partial charge in [0, 0.05) is 12.6 Å². The van der Waals surface area contributed by atoms with Crippen LogP contribution in [0.3, 0.4) is 0 Å². The zero-order chi connectivity index (χ0) is 22.0. The quantitative estimate of drug-likeness (QED) is 0.637. The second-order valence-electron chi connectivity index (χ2n) is 7.95. The van der Waals surface area contributed by atoms with Crippen molar-refractivity contribution >= 4 is 21.6 Å². The van der Waals surface area contributed by atoms with Crippen LogP contribution in [0.1, 0.15) is 45.9 Å². The molecule has 0 bridgehead atoms. The summed E-state index contributed by atoms with van der Waals surface area (Å²) in [5.74, 6) is -0.155. The second kappa shape index (κ2) is 8.55.